The SMILES string of the molecule is O=C(CN1CCCC1)Nc1ccc2cn[nH]c2c1. The van der Waals surface area contributed by atoms with Crippen LogP contribution in [0.4, 0.5) is 5.69 Å². The molecule has 18 heavy (non-hydrogen) atoms. The summed E-state index contributed by atoms with van der Waals surface area (Å²) in [6, 6.07) is 5.76. The third kappa shape index (κ3) is 2.36. The summed E-state index contributed by atoms with van der Waals surface area (Å²) in [6.07, 6.45) is 4.17. The maximum absolute atomic E-state index is 11.9. The number of aromatic amines is 1. The summed E-state index contributed by atoms with van der Waals surface area (Å²) in [5, 5.41) is 10.8. The van der Waals surface area contributed by atoms with Crippen LogP contribution in [0.1, 0.15) is 12.8 Å². The fraction of sp³-hybridized carbons (Fsp3) is 0.385. The lowest BCUT2D eigenvalue weighted by Gasteiger charge is -2.14. The first-order chi connectivity index (χ1) is 8.81. The highest BCUT2D eigenvalue weighted by molar-refractivity contribution is 5.94. The zero-order valence-electron chi connectivity index (χ0n) is 10.1. The number of likely N-dealkylation sites (tertiary alicyclic amines) is 1. The van der Waals surface area contributed by atoms with E-state index in [1.165, 1.54) is 12.8 Å². The first-order valence-electron chi connectivity index (χ1n) is 6.26. The maximum atomic E-state index is 11.9. The van der Waals surface area contributed by atoms with E-state index in [1.807, 2.05) is 18.2 Å². The van der Waals surface area contributed by atoms with Gasteiger partial charge in [-0.25, -0.2) is 0 Å². The molecule has 0 spiro atoms. The van der Waals surface area contributed by atoms with Gasteiger partial charge in [0.15, 0.2) is 0 Å². The van der Waals surface area contributed by atoms with E-state index in [0.29, 0.717) is 6.54 Å². The Kier molecular flexibility index (Phi) is 2.98. The van der Waals surface area contributed by atoms with Gasteiger partial charge >= 0.3 is 0 Å². The summed E-state index contributed by atoms with van der Waals surface area (Å²) in [4.78, 5) is 14.0. The zero-order chi connectivity index (χ0) is 12.4. The lowest BCUT2D eigenvalue weighted by Crippen LogP contribution is -2.30. The number of H-pyrrole nitrogens is 1. The van der Waals surface area contributed by atoms with E-state index in [1.54, 1.807) is 6.20 Å². The van der Waals surface area contributed by atoms with Gasteiger partial charge in [-0.1, -0.05) is 0 Å². The van der Waals surface area contributed by atoms with E-state index < -0.39 is 0 Å². The minimum Gasteiger partial charge on any atom is -0.325 e. The molecule has 1 aromatic heterocycles. The molecule has 5 heteroatoms. The predicted octanol–water partition coefficient (Wildman–Crippen LogP) is 1.60. The second-order valence-corrected chi connectivity index (χ2v) is 4.70. The molecule has 1 aliphatic rings. The first kappa shape index (κ1) is 11.2. The van der Waals surface area contributed by atoms with Crippen LogP contribution in [0.15, 0.2) is 24.4 Å². The van der Waals surface area contributed by atoms with Gasteiger partial charge in [0.1, 0.15) is 0 Å². The van der Waals surface area contributed by atoms with Crippen LogP contribution in [-0.4, -0.2) is 40.6 Å². The summed E-state index contributed by atoms with van der Waals surface area (Å²) in [7, 11) is 0. The van der Waals surface area contributed by atoms with Crippen LogP contribution < -0.4 is 5.32 Å². The number of anilines is 1. The summed E-state index contributed by atoms with van der Waals surface area (Å²) < 4.78 is 0. The summed E-state index contributed by atoms with van der Waals surface area (Å²) in [5.74, 6) is 0.0516. The summed E-state index contributed by atoms with van der Waals surface area (Å²) >= 11 is 0. The Labute approximate surface area is 105 Å². The van der Waals surface area contributed by atoms with Crippen LogP contribution in [0.5, 0.6) is 0 Å². The minimum atomic E-state index is 0.0516. The van der Waals surface area contributed by atoms with Crippen LogP contribution in [0.3, 0.4) is 0 Å². The van der Waals surface area contributed by atoms with Crippen molar-refractivity contribution in [3.05, 3.63) is 24.4 Å². The van der Waals surface area contributed by atoms with Crippen molar-refractivity contribution in [2.24, 2.45) is 0 Å². The molecule has 94 valence electrons. The van der Waals surface area contributed by atoms with Gasteiger partial charge in [-0.3, -0.25) is 14.8 Å². The quantitative estimate of drug-likeness (QED) is 0.862. The highest BCUT2D eigenvalue weighted by atomic mass is 16.2. The molecule has 2 heterocycles. The number of aromatic nitrogens is 2. The smallest absolute Gasteiger partial charge is 0.238 e. The van der Waals surface area contributed by atoms with Crippen molar-refractivity contribution in [2.45, 2.75) is 12.8 Å². The average Bonchev–Trinajstić information content (AvgIpc) is 2.98. The molecule has 2 N–H and O–H groups in total. The van der Waals surface area contributed by atoms with Crippen LogP contribution in [0, 0.1) is 0 Å². The number of nitrogens with zero attached hydrogens (tertiary/aromatic N) is 2. The van der Waals surface area contributed by atoms with Crippen LogP contribution in [0.25, 0.3) is 10.9 Å². The maximum Gasteiger partial charge on any atom is 0.238 e. The van der Waals surface area contributed by atoms with Crippen LogP contribution >= 0.6 is 0 Å². The zero-order valence-corrected chi connectivity index (χ0v) is 10.1. The number of rotatable bonds is 3. The van der Waals surface area contributed by atoms with E-state index in [-0.39, 0.29) is 5.91 Å². The van der Waals surface area contributed by atoms with Crippen LogP contribution in [-0.2, 0) is 4.79 Å². The first-order valence-corrected chi connectivity index (χ1v) is 6.26. The van der Waals surface area contributed by atoms with Gasteiger partial charge in [-0.15, -0.1) is 0 Å². The van der Waals surface area contributed by atoms with Crippen molar-refractivity contribution < 1.29 is 4.79 Å². The minimum absolute atomic E-state index is 0.0516. The third-order valence-electron chi connectivity index (χ3n) is 3.29. The molecule has 0 radical (unpaired) electrons. The number of carbonyl (C=O) groups excluding carboxylic acids is 1. The number of hydrogen-bond donors (Lipinski definition) is 2. The third-order valence-corrected chi connectivity index (χ3v) is 3.29. The van der Waals surface area contributed by atoms with E-state index in [9.17, 15) is 4.79 Å². The Morgan fingerprint density at radius 2 is 2.22 bits per heavy atom. The topological polar surface area (TPSA) is 61.0 Å². The molecule has 1 fully saturated rings. The van der Waals surface area contributed by atoms with Crippen LogP contribution in [0.2, 0.25) is 0 Å². The van der Waals surface area contributed by atoms with Crippen molar-refractivity contribution in [3.8, 4) is 0 Å². The summed E-state index contributed by atoms with van der Waals surface area (Å²) in [5.41, 5.74) is 1.75. The highest BCUT2D eigenvalue weighted by Gasteiger charge is 2.15. The van der Waals surface area contributed by atoms with Gasteiger partial charge in [0.25, 0.3) is 0 Å². The van der Waals surface area contributed by atoms with Gasteiger partial charge in [0, 0.05) is 11.1 Å². The van der Waals surface area contributed by atoms with E-state index in [0.717, 1.165) is 29.7 Å². The second kappa shape index (κ2) is 4.78. The number of fused-ring (bicyclic) bond motifs is 1. The number of amides is 1. The predicted molar refractivity (Wildman–Crippen MR) is 70.4 cm³/mol. The van der Waals surface area contributed by atoms with Gasteiger partial charge < -0.3 is 5.32 Å². The molecule has 0 atom stereocenters. The molecule has 1 aliphatic heterocycles. The molecule has 5 nitrogen and oxygen atoms in total. The Morgan fingerprint density at radius 1 is 1.39 bits per heavy atom. The molecule has 1 amide bonds. The fourth-order valence-electron chi connectivity index (χ4n) is 2.36. The number of benzene rings is 1. The monoisotopic (exact) mass is 244 g/mol. The molecule has 1 saturated heterocycles. The number of hydrogen-bond acceptors (Lipinski definition) is 3. The van der Waals surface area contributed by atoms with E-state index in [4.69, 9.17) is 0 Å². The molecular formula is C13H16N4O. The average molecular weight is 244 g/mol. The van der Waals surface area contributed by atoms with Gasteiger partial charge in [-0.05, 0) is 44.1 Å². The normalized spacial score (nSPS) is 16.2. The molecule has 0 bridgehead atoms. The Morgan fingerprint density at radius 3 is 3.06 bits per heavy atom. The van der Waals surface area contributed by atoms with Crippen molar-refractivity contribution in [2.75, 3.05) is 25.0 Å². The molecule has 0 unspecified atom stereocenters. The molecular weight excluding hydrogens is 228 g/mol. The van der Waals surface area contributed by atoms with Gasteiger partial charge in [0.2, 0.25) is 5.91 Å². The molecule has 0 aliphatic carbocycles. The van der Waals surface area contributed by atoms with Gasteiger partial charge in [-0.2, -0.15) is 5.10 Å². The van der Waals surface area contributed by atoms with Crippen molar-refractivity contribution >= 4 is 22.5 Å². The largest absolute Gasteiger partial charge is 0.325 e. The van der Waals surface area contributed by atoms with Crippen molar-refractivity contribution in [1.29, 1.82) is 0 Å². The standard InChI is InChI=1S/C13H16N4O/c18-13(9-17-5-1-2-6-17)15-11-4-3-10-8-14-16-12(10)7-11/h3-4,7-8H,1-2,5-6,9H2,(H,14,16)(H,15,18). The van der Waals surface area contributed by atoms with Crippen molar-refractivity contribution in [3.63, 3.8) is 0 Å². The molecule has 2 aromatic rings. The lowest BCUT2D eigenvalue weighted by atomic mass is 10.2. The summed E-state index contributed by atoms with van der Waals surface area (Å²) in [6.45, 7) is 2.56. The van der Waals surface area contributed by atoms with E-state index >= 15 is 0 Å². The Bertz CT molecular complexity index is 557. The number of carbonyl (C=O) groups is 1. The molecule has 3 rings (SSSR count). The molecule has 1 aromatic carbocycles. The highest BCUT2D eigenvalue weighted by Crippen LogP contribution is 2.16. The van der Waals surface area contributed by atoms with Gasteiger partial charge in [0.05, 0.1) is 18.3 Å². The lowest BCUT2D eigenvalue weighted by molar-refractivity contribution is -0.117. The Balaban J connectivity index is 1.65. The van der Waals surface area contributed by atoms with E-state index in [2.05, 4.69) is 20.4 Å². The fourth-order valence-corrected chi connectivity index (χ4v) is 2.36. The number of nitrogens with one attached hydrogen (secondary N) is 2. The second-order valence-electron chi connectivity index (χ2n) is 4.70. The Hall–Kier alpha value is -1.88. The molecule has 0 saturated carbocycles. The van der Waals surface area contributed by atoms with Crippen molar-refractivity contribution in [1.82, 2.24) is 15.1 Å².